The van der Waals surface area contributed by atoms with Crippen molar-refractivity contribution in [1.29, 1.82) is 0 Å². The van der Waals surface area contributed by atoms with Crippen molar-refractivity contribution in [3.05, 3.63) is 231 Å². The summed E-state index contributed by atoms with van der Waals surface area (Å²) in [6.45, 7) is 0. The maximum atomic E-state index is 2.37. The van der Waals surface area contributed by atoms with E-state index in [4.69, 9.17) is 0 Å². The van der Waals surface area contributed by atoms with E-state index in [0.717, 1.165) is 34.1 Å². The molecule has 0 unspecified atom stereocenters. The molecule has 2 nitrogen and oxygen atoms in total. The first-order valence-electron chi connectivity index (χ1n) is 19.2. The minimum Gasteiger partial charge on any atom is -0.311 e. The lowest BCUT2D eigenvalue weighted by molar-refractivity contribution is 1.28. The summed E-state index contributed by atoms with van der Waals surface area (Å²) >= 11 is 0. The molecule has 2 heteroatoms. The van der Waals surface area contributed by atoms with Crippen molar-refractivity contribution >= 4 is 66.4 Å². The SMILES string of the molecule is c1ccc(N(c2ccccc2)c2ccc(-c3ccc(N(c4ccccc4)c4cccc(-c5ccc6c7ccccc7c7ccccc7c6c5)c4)cc3)cc2)cc1. The Morgan fingerprint density at radius 3 is 0.964 bits per heavy atom. The zero-order valence-corrected chi connectivity index (χ0v) is 30.8. The van der Waals surface area contributed by atoms with Crippen molar-refractivity contribution in [2.24, 2.45) is 0 Å². The first kappa shape index (κ1) is 33.2. The standard InChI is InChI=1S/C54H38N2/c1-4-16-43(17-5-1)55(44-18-6-2-7-19-44)46-32-27-39(28-33-46)40-29-34-47(35-30-40)56(45-20-8-3-9-21-45)48-22-14-15-41(37-48)42-31-36-53-51-25-11-10-23-49(51)50-24-12-13-26-52(50)54(53)38-42/h1-38H. The quantitative estimate of drug-likeness (QED) is 0.145. The third-order valence-electron chi connectivity index (χ3n) is 10.8. The maximum Gasteiger partial charge on any atom is 0.0467 e. The summed E-state index contributed by atoms with van der Waals surface area (Å²) in [4.78, 5) is 4.64. The lowest BCUT2D eigenvalue weighted by atomic mass is 9.92. The highest BCUT2D eigenvalue weighted by Gasteiger charge is 2.16. The molecule has 10 aromatic rings. The first-order chi connectivity index (χ1) is 27.8. The Balaban J connectivity index is 0.997. The molecule has 0 N–H and O–H groups in total. The van der Waals surface area contributed by atoms with E-state index in [1.165, 1.54) is 54.6 Å². The topological polar surface area (TPSA) is 6.48 Å². The summed E-state index contributed by atoms with van der Waals surface area (Å²) in [7, 11) is 0. The molecular formula is C54H38N2. The number of anilines is 6. The Bertz CT molecular complexity index is 2860. The highest BCUT2D eigenvalue weighted by Crippen LogP contribution is 2.41. The summed E-state index contributed by atoms with van der Waals surface area (Å²) in [5.74, 6) is 0. The van der Waals surface area contributed by atoms with Crippen molar-refractivity contribution in [2.45, 2.75) is 0 Å². The Labute approximate surface area is 327 Å². The lowest BCUT2D eigenvalue weighted by Gasteiger charge is -2.26. The number of hydrogen-bond donors (Lipinski definition) is 0. The van der Waals surface area contributed by atoms with Gasteiger partial charge in [0.05, 0.1) is 0 Å². The van der Waals surface area contributed by atoms with E-state index in [-0.39, 0.29) is 0 Å². The average molecular weight is 715 g/mol. The molecule has 10 rings (SSSR count). The van der Waals surface area contributed by atoms with E-state index in [2.05, 4.69) is 240 Å². The van der Waals surface area contributed by atoms with Gasteiger partial charge in [-0.3, -0.25) is 0 Å². The molecule has 0 spiro atoms. The largest absolute Gasteiger partial charge is 0.311 e. The molecule has 0 amide bonds. The molecule has 0 aromatic heterocycles. The van der Waals surface area contributed by atoms with Gasteiger partial charge in [-0.05, 0) is 133 Å². The van der Waals surface area contributed by atoms with Crippen LogP contribution in [-0.2, 0) is 0 Å². The molecule has 0 aliphatic rings. The van der Waals surface area contributed by atoms with E-state index in [1.807, 2.05) is 0 Å². The Morgan fingerprint density at radius 2 is 0.500 bits per heavy atom. The van der Waals surface area contributed by atoms with Crippen molar-refractivity contribution in [1.82, 2.24) is 0 Å². The number of hydrogen-bond acceptors (Lipinski definition) is 2. The molecular weight excluding hydrogens is 677 g/mol. The summed E-state index contributed by atoms with van der Waals surface area (Å²) in [6, 6.07) is 82.9. The second-order valence-electron chi connectivity index (χ2n) is 14.2. The Kier molecular flexibility index (Phi) is 8.55. The zero-order chi connectivity index (χ0) is 37.3. The average Bonchev–Trinajstić information content (AvgIpc) is 3.28. The van der Waals surface area contributed by atoms with Crippen LogP contribution in [0.15, 0.2) is 231 Å². The predicted octanol–water partition coefficient (Wildman–Crippen LogP) is 15.4. The number of rotatable bonds is 8. The summed E-state index contributed by atoms with van der Waals surface area (Å²) in [5, 5.41) is 7.72. The molecule has 0 radical (unpaired) electrons. The van der Waals surface area contributed by atoms with Gasteiger partial charge in [0.1, 0.15) is 0 Å². The molecule has 0 atom stereocenters. The van der Waals surface area contributed by atoms with Crippen LogP contribution in [0.1, 0.15) is 0 Å². The van der Waals surface area contributed by atoms with Gasteiger partial charge in [-0.15, -0.1) is 0 Å². The van der Waals surface area contributed by atoms with Crippen molar-refractivity contribution in [3.8, 4) is 22.3 Å². The second-order valence-corrected chi connectivity index (χ2v) is 14.2. The summed E-state index contributed by atoms with van der Waals surface area (Å²) < 4.78 is 0. The normalized spacial score (nSPS) is 11.2. The molecule has 0 heterocycles. The highest BCUT2D eigenvalue weighted by atomic mass is 15.1. The summed E-state index contributed by atoms with van der Waals surface area (Å²) in [5.41, 5.74) is 11.4. The van der Waals surface area contributed by atoms with Crippen LogP contribution >= 0.6 is 0 Å². The predicted molar refractivity (Wildman–Crippen MR) is 239 cm³/mol. The van der Waals surface area contributed by atoms with Crippen LogP contribution < -0.4 is 9.80 Å². The van der Waals surface area contributed by atoms with E-state index < -0.39 is 0 Å². The fourth-order valence-electron chi connectivity index (χ4n) is 8.14. The van der Waals surface area contributed by atoms with Gasteiger partial charge in [0.25, 0.3) is 0 Å². The van der Waals surface area contributed by atoms with Crippen LogP contribution in [0.5, 0.6) is 0 Å². The van der Waals surface area contributed by atoms with Crippen LogP contribution in [0.25, 0.3) is 54.6 Å². The molecule has 0 saturated carbocycles. The van der Waals surface area contributed by atoms with Crippen LogP contribution in [0.2, 0.25) is 0 Å². The van der Waals surface area contributed by atoms with Crippen LogP contribution in [0, 0.1) is 0 Å². The number of benzene rings is 10. The fraction of sp³-hybridized carbons (Fsp3) is 0. The van der Waals surface area contributed by atoms with E-state index in [0.29, 0.717) is 0 Å². The van der Waals surface area contributed by atoms with E-state index in [9.17, 15) is 0 Å². The lowest BCUT2D eigenvalue weighted by Crippen LogP contribution is -2.10. The maximum absolute atomic E-state index is 2.37. The monoisotopic (exact) mass is 714 g/mol. The third-order valence-corrected chi connectivity index (χ3v) is 10.8. The van der Waals surface area contributed by atoms with Crippen molar-refractivity contribution < 1.29 is 0 Å². The third kappa shape index (κ3) is 6.14. The number of nitrogens with zero attached hydrogens (tertiary/aromatic N) is 2. The Morgan fingerprint density at radius 1 is 0.179 bits per heavy atom. The first-order valence-corrected chi connectivity index (χ1v) is 19.2. The van der Waals surface area contributed by atoms with Gasteiger partial charge in [0, 0.05) is 34.1 Å². The van der Waals surface area contributed by atoms with E-state index >= 15 is 0 Å². The molecule has 0 bridgehead atoms. The van der Waals surface area contributed by atoms with Gasteiger partial charge in [0.15, 0.2) is 0 Å². The van der Waals surface area contributed by atoms with E-state index in [1.54, 1.807) is 0 Å². The second kappa shape index (κ2) is 14.4. The fourth-order valence-corrected chi connectivity index (χ4v) is 8.14. The van der Waals surface area contributed by atoms with Crippen LogP contribution in [0.3, 0.4) is 0 Å². The minimum absolute atomic E-state index is 1.10. The van der Waals surface area contributed by atoms with Gasteiger partial charge in [-0.1, -0.05) is 152 Å². The highest BCUT2D eigenvalue weighted by molar-refractivity contribution is 6.25. The van der Waals surface area contributed by atoms with Crippen LogP contribution in [0.4, 0.5) is 34.1 Å². The van der Waals surface area contributed by atoms with Crippen molar-refractivity contribution in [3.63, 3.8) is 0 Å². The van der Waals surface area contributed by atoms with Gasteiger partial charge < -0.3 is 9.80 Å². The Hall–Kier alpha value is -7.42. The molecule has 0 saturated heterocycles. The molecule has 0 aliphatic carbocycles. The minimum atomic E-state index is 1.10. The number of fused-ring (bicyclic) bond motifs is 6. The molecule has 56 heavy (non-hydrogen) atoms. The van der Waals surface area contributed by atoms with Gasteiger partial charge >= 0.3 is 0 Å². The summed E-state index contributed by atoms with van der Waals surface area (Å²) in [6.07, 6.45) is 0. The molecule has 0 aliphatic heterocycles. The van der Waals surface area contributed by atoms with Gasteiger partial charge in [0.2, 0.25) is 0 Å². The number of para-hydroxylation sites is 3. The smallest absolute Gasteiger partial charge is 0.0467 e. The van der Waals surface area contributed by atoms with Gasteiger partial charge in [-0.2, -0.15) is 0 Å². The van der Waals surface area contributed by atoms with Crippen molar-refractivity contribution in [2.75, 3.05) is 9.80 Å². The molecule has 0 fully saturated rings. The molecule has 10 aromatic carbocycles. The molecule has 264 valence electrons. The van der Waals surface area contributed by atoms with Gasteiger partial charge in [-0.25, -0.2) is 0 Å². The zero-order valence-electron chi connectivity index (χ0n) is 30.8. The van der Waals surface area contributed by atoms with Crippen LogP contribution in [-0.4, -0.2) is 0 Å².